The first-order valence-electron chi connectivity index (χ1n) is 13.0. The Morgan fingerprint density at radius 3 is 1.14 bits per heavy atom. The Morgan fingerprint density at radius 2 is 0.865 bits per heavy atom. The third kappa shape index (κ3) is 8.38. The van der Waals surface area contributed by atoms with E-state index in [9.17, 15) is 10.2 Å². The Labute approximate surface area is 230 Å². The van der Waals surface area contributed by atoms with Crippen molar-refractivity contribution in [1.29, 1.82) is 0 Å². The zero-order valence-corrected chi connectivity index (χ0v) is 26.1. The first kappa shape index (κ1) is 31.0. The number of nitrogens with zero attached hydrogens (tertiary/aromatic N) is 4. The van der Waals surface area contributed by atoms with Crippen molar-refractivity contribution in [3.05, 3.63) is 57.6 Å². The molecule has 2 aromatic rings. The molecular formula is C30H46AlN4O2. The fraction of sp³-hybridized carbons (Fsp3) is 0.600. The van der Waals surface area contributed by atoms with E-state index in [-0.39, 0.29) is 21.7 Å². The summed E-state index contributed by atoms with van der Waals surface area (Å²) in [7, 11) is 0. The Kier molecular flexibility index (Phi) is 9.43. The van der Waals surface area contributed by atoms with Crippen molar-refractivity contribution in [2.75, 3.05) is 0 Å². The van der Waals surface area contributed by atoms with Gasteiger partial charge in [0.1, 0.15) is 11.5 Å². The highest BCUT2D eigenvalue weighted by Gasteiger charge is 2.26. The van der Waals surface area contributed by atoms with Gasteiger partial charge < -0.3 is 10.2 Å². The molecule has 0 fully saturated rings. The van der Waals surface area contributed by atoms with Crippen LogP contribution >= 0.6 is 0 Å². The molecule has 37 heavy (non-hydrogen) atoms. The summed E-state index contributed by atoms with van der Waals surface area (Å²) >= 11 is -0.706. The molecule has 0 atom stereocenters. The van der Waals surface area contributed by atoms with E-state index in [2.05, 4.69) is 114 Å². The van der Waals surface area contributed by atoms with Crippen molar-refractivity contribution in [3.63, 3.8) is 0 Å². The van der Waals surface area contributed by atoms with Crippen LogP contribution in [0.4, 0.5) is 0 Å². The number of hydrogen-bond acceptors (Lipinski definition) is 6. The predicted molar refractivity (Wildman–Crippen MR) is 154 cm³/mol. The minimum atomic E-state index is -0.706. The maximum Gasteiger partial charge on any atom is 0.648 e. The van der Waals surface area contributed by atoms with Crippen molar-refractivity contribution in [1.82, 2.24) is 0 Å². The molecule has 0 spiro atoms. The van der Waals surface area contributed by atoms with Gasteiger partial charge in [0, 0.05) is 11.1 Å². The SMILES string of the molecule is CC(C)(C)c1cc(CN=[N][Al][N]=NCc2cc(C(C)(C)C)cc(C(C)(C)C)c2O)c(O)c(C(C)(C)C)c1. The maximum atomic E-state index is 10.9. The molecule has 2 aromatic carbocycles. The van der Waals surface area contributed by atoms with E-state index in [0.717, 1.165) is 22.3 Å². The average molecular weight is 522 g/mol. The van der Waals surface area contributed by atoms with Crippen molar-refractivity contribution in [3.8, 4) is 11.5 Å². The lowest BCUT2D eigenvalue weighted by Crippen LogP contribution is -2.17. The molecule has 6 nitrogen and oxygen atoms in total. The molecule has 0 amide bonds. The number of aromatic hydroxyl groups is 2. The normalized spacial score (nSPS) is 13.6. The van der Waals surface area contributed by atoms with Crippen LogP contribution in [-0.4, -0.2) is 25.9 Å². The van der Waals surface area contributed by atoms with Crippen molar-refractivity contribution < 1.29 is 10.2 Å². The monoisotopic (exact) mass is 521 g/mol. The molecule has 7 heteroatoms. The highest BCUT2D eigenvalue weighted by Crippen LogP contribution is 2.39. The molecule has 201 valence electrons. The number of phenolic OH excluding ortho intramolecular Hbond substituents is 2. The van der Waals surface area contributed by atoms with Gasteiger partial charge in [0.15, 0.2) is 0 Å². The van der Waals surface area contributed by atoms with Gasteiger partial charge in [-0.1, -0.05) is 95.2 Å². The summed E-state index contributed by atoms with van der Waals surface area (Å²) in [5.41, 5.74) is 5.28. The molecule has 0 unspecified atom stereocenters. The van der Waals surface area contributed by atoms with Crippen LogP contribution in [0, 0.1) is 0 Å². The molecular weight excluding hydrogens is 475 g/mol. The largest absolute Gasteiger partial charge is 0.648 e. The summed E-state index contributed by atoms with van der Waals surface area (Å²) in [4.78, 5) is 0. The van der Waals surface area contributed by atoms with E-state index in [4.69, 9.17) is 0 Å². The number of rotatable bonds is 6. The van der Waals surface area contributed by atoms with Gasteiger partial charge in [-0.2, -0.15) is 0 Å². The minimum Gasteiger partial charge on any atom is -0.507 e. The summed E-state index contributed by atoms with van der Waals surface area (Å²) < 4.78 is 8.47. The summed E-state index contributed by atoms with van der Waals surface area (Å²) in [5, 5.41) is 30.4. The Hall–Kier alpha value is -2.23. The molecule has 0 heterocycles. The lowest BCUT2D eigenvalue weighted by Gasteiger charge is -2.27. The third-order valence-electron chi connectivity index (χ3n) is 6.47. The van der Waals surface area contributed by atoms with Crippen LogP contribution in [0.5, 0.6) is 11.5 Å². The van der Waals surface area contributed by atoms with Crippen LogP contribution in [0.1, 0.15) is 116 Å². The molecule has 0 aliphatic rings. The summed E-state index contributed by atoms with van der Waals surface area (Å²) in [6, 6.07) is 8.26. The van der Waals surface area contributed by atoms with Gasteiger partial charge in [-0.25, -0.2) is 10.2 Å². The fourth-order valence-electron chi connectivity index (χ4n) is 3.97. The number of hydrogen-bond donors (Lipinski definition) is 2. The Balaban J connectivity index is 2.17. The van der Waals surface area contributed by atoms with Gasteiger partial charge in [0.05, 0.1) is 13.1 Å². The second kappa shape index (κ2) is 11.3. The van der Waals surface area contributed by atoms with Crippen LogP contribution in [0.2, 0.25) is 0 Å². The number of phenols is 2. The van der Waals surface area contributed by atoms with Crippen LogP contribution in [0.25, 0.3) is 0 Å². The third-order valence-corrected chi connectivity index (χ3v) is 7.01. The zero-order valence-electron chi connectivity index (χ0n) is 25.0. The van der Waals surface area contributed by atoms with Gasteiger partial charge in [-0.15, -0.1) is 0 Å². The first-order chi connectivity index (χ1) is 16.7. The van der Waals surface area contributed by atoms with Gasteiger partial charge in [-0.05, 0) is 56.0 Å². The fourth-order valence-corrected chi connectivity index (χ4v) is 4.33. The molecule has 2 N–H and O–H groups in total. The molecule has 2 rings (SSSR count). The molecule has 1 radical (unpaired) electrons. The average Bonchev–Trinajstić information content (AvgIpc) is 2.71. The second-order valence-corrected chi connectivity index (χ2v) is 14.7. The van der Waals surface area contributed by atoms with Crippen molar-refractivity contribution >= 4 is 15.7 Å². The minimum absolute atomic E-state index is 0.0399. The summed E-state index contributed by atoms with van der Waals surface area (Å²) in [6.07, 6.45) is 0. The van der Waals surface area contributed by atoms with Crippen molar-refractivity contribution in [2.24, 2.45) is 18.4 Å². The van der Waals surface area contributed by atoms with Gasteiger partial charge >= 0.3 is 15.7 Å². The topological polar surface area (TPSA) is 89.9 Å². The van der Waals surface area contributed by atoms with E-state index in [1.165, 1.54) is 11.1 Å². The van der Waals surface area contributed by atoms with Crippen LogP contribution in [-0.2, 0) is 34.7 Å². The maximum absolute atomic E-state index is 10.9. The molecule has 0 aromatic heterocycles. The highest BCUT2D eigenvalue weighted by atomic mass is 27.1. The van der Waals surface area contributed by atoms with Crippen LogP contribution < -0.4 is 0 Å². The summed E-state index contributed by atoms with van der Waals surface area (Å²) in [6.45, 7) is 26.2. The lowest BCUT2D eigenvalue weighted by molar-refractivity contribution is 0.437. The van der Waals surface area contributed by atoms with E-state index in [0.29, 0.717) is 24.6 Å². The first-order valence-corrected chi connectivity index (χ1v) is 14.0. The second-order valence-electron chi connectivity index (χ2n) is 14.0. The van der Waals surface area contributed by atoms with E-state index < -0.39 is 15.7 Å². The standard InChI is InChI=1S/2C15H23N2O.Al/c2*1-14(2,3)11-7-10(9-17-16)13(18)12(8-11)15(4,5)6;/h2*7-8,18H,9H2,1-6H3;/q2*-1;+2. The predicted octanol–water partition coefficient (Wildman–Crippen LogP) is 8.43. The smallest absolute Gasteiger partial charge is 0.507 e. The Morgan fingerprint density at radius 1 is 0.541 bits per heavy atom. The number of benzene rings is 2. The quantitative estimate of drug-likeness (QED) is 0.295. The molecule has 0 saturated carbocycles. The van der Waals surface area contributed by atoms with Gasteiger partial charge in [-0.3, -0.25) is 8.20 Å². The highest BCUT2D eigenvalue weighted by molar-refractivity contribution is 6.29. The summed E-state index contributed by atoms with van der Waals surface area (Å²) in [5.74, 6) is 0.583. The van der Waals surface area contributed by atoms with Gasteiger partial charge in [0.25, 0.3) is 0 Å². The van der Waals surface area contributed by atoms with E-state index >= 15 is 0 Å². The van der Waals surface area contributed by atoms with E-state index in [1.807, 2.05) is 12.1 Å². The molecule has 0 bridgehead atoms. The zero-order chi connectivity index (χ0) is 28.4. The Bertz CT molecular complexity index is 1070. The molecule has 0 aliphatic carbocycles. The van der Waals surface area contributed by atoms with Gasteiger partial charge in [0.2, 0.25) is 0 Å². The van der Waals surface area contributed by atoms with Crippen LogP contribution in [0.3, 0.4) is 0 Å². The lowest BCUT2D eigenvalue weighted by atomic mass is 9.79. The van der Waals surface area contributed by atoms with E-state index in [1.54, 1.807) is 0 Å². The van der Waals surface area contributed by atoms with Crippen LogP contribution in [0.15, 0.2) is 42.7 Å². The van der Waals surface area contributed by atoms with Crippen molar-refractivity contribution in [2.45, 2.75) is 118 Å². The molecule has 0 saturated heterocycles. The molecule has 0 aliphatic heterocycles.